The minimum atomic E-state index is -0.433. The molecule has 1 saturated heterocycles. The smallest absolute Gasteiger partial charge is 0.173 e. The van der Waals surface area contributed by atoms with Crippen LogP contribution in [0.5, 0.6) is 0 Å². The monoisotopic (exact) mass is 395 g/mol. The first-order valence-corrected chi connectivity index (χ1v) is 9.36. The van der Waals surface area contributed by atoms with E-state index in [0.29, 0.717) is 10.8 Å². The summed E-state index contributed by atoms with van der Waals surface area (Å²) in [6, 6.07) is 4.52. The Morgan fingerprint density at radius 2 is 1.96 bits per heavy atom. The van der Waals surface area contributed by atoms with Crippen LogP contribution in [0.3, 0.4) is 0 Å². The molecular formula is C18H23ClFN5S. The number of hydrogen-bond donors (Lipinski definition) is 1. The van der Waals surface area contributed by atoms with Crippen molar-refractivity contribution < 1.29 is 4.39 Å². The van der Waals surface area contributed by atoms with Gasteiger partial charge in [0.25, 0.3) is 0 Å². The maximum atomic E-state index is 13.3. The zero-order valence-electron chi connectivity index (χ0n) is 15.2. The van der Waals surface area contributed by atoms with Crippen molar-refractivity contribution in [2.75, 3.05) is 31.5 Å². The van der Waals surface area contributed by atoms with Gasteiger partial charge in [0.05, 0.1) is 10.7 Å². The maximum Gasteiger partial charge on any atom is 0.173 e. The summed E-state index contributed by atoms with van der Waals surface area (Å²) < 4.78 is 15.2. The predicted molar refractivity (Wildman–Crippen MR) is 107 cm³/mol. The van der Waals surface area contributed by atoms with Crippen molar-refractivity contribution in [2.24, 2.45) is 7.05 Å². The first kappa shape index (κ1) is 19.1. The molecule has 1 N–H and O–H groups in total. The van der Waals surface area contributed by atoms with E-state index in [4.69, 9.17) is 23.8 Å². The van der Waals surface area contributed by atoms with Crippen LogP contribution in [0.4, 0.5) is 10.1 Å². The molecule has 140 valence electrons. The van der Waals surface area contributed by atoms with Crippen LogP contribution < -0.4 is 5.32 Å². The molecule has 8 heteroatoms. The number of aromatic nitrogens is 2. The Balaban J connectivity index is 1.54. The van der Waals surface area contributed by atoms with E-state index < -0.39 is 5.82 Å². The lowest BCUT2D eigenvalue weighted by Gasteiger charge is -2.36. The van der Waals surface area contributed by atoms with E-state index in [1.807, 2.05) is 11.7 Å². The van der Waals surface area contributed by atoms with Crippen LogP contribution in [0.2, 0.25) is 5.02 Å². The van der Waals surface area contributed by atoms with Crippen molar-refractivity contribution in [2.45, 2.75) is 20.4 Å². The quantitative estimate of drug-likeness (QED) is 0.806. The number of nitrogens with zero attached hydrogens (tertiary/aromatic N) is 4. The van der Waals surface area contributed by atoms with Gasteiger partial charge in [-0.3, -0.25) is 9.58 Å². The third-order valence-electron chi connectivity index (χ3n) is 4.87. The van der Waals surface area contributed by atoms with Gasteiger partial charge in [0.15, 0.2) is 5.11 Å². The molecule has 1 aromatic carbocycles. The van der Waals surface area contributed by atoms with Crippen molar-refractivity contribution in [1.29, 1.82) is 0 Å². The molecule has 2 heterocycles. The van der Waals surface area contributed by atoms with E-state index in [0.717, 1.165) is 38.4 Å². The zero-order chi connectivity index (χ0) is 18.8. The lowest BCUT2D eigenvalue weighted by Crippen LogP contribution is -2.49. The van der Waals surface area contributed by atoms with Crippen LogP contribution in [-0.4, -0.2) is 50.9 Å². The molecule has 26 heavy (non-hydrogen) atoms. The van der Waals surface area contributed by atoms with E-state index in [1.165, 1.54) is 17.3 Å². The molecule has 0 saturated carbocycles. The van der Waals surface area contributed by atoms with Gasteiger partial charge in [-0.1, -0.05) is 11.6 Å². The largest absolute Gasteiger partial charge is 0.346 e. The normalized spacial score (nSPS) is 15.3. The minimum Gasteiger partial charge on any atom is -0.346 e. The Labute approximate surface area is 163 Å². The fraction of sp³-hybridized carbons (Fsp3) is 0.444. The van der Waals surface area contributed by atoms with E-state index in [1.54, 1.807) is 12.1 Å². The lowest BCUT2D eigenvalue weighted by molar-refractivity contribution is 0.176. The molecule has 1 aromatic heterocycles. The summed E-state index contributed by atoms with van der Waals surface area (Å²) in [5.41, 5.74) is 4.32. The molecule has 3 rings (SSSR count). The number of hydrogen-bond acceptors (Lipinski definition) is 3. The molecule has 0 amide bonds. The summed E-state index contributed by atoms with van der Waals surface area (Å²) in [5, 5.41) is 8.36. The van der Waals surface area contributed by atoms with Crippen molar-refractivity contribution >= 4 is 34.6 Å². The molecule has 0 bridgehead atoms. The standard InChI is InChI=1S/C18H23ClFN5S/c1-12-15(13(2)23(3)22-12)11-24-6-8-25(9-7-24)18(26)21-14-4-5-17(20)16(19)10-14/h4-5,10H,6-9,11H2,1-3H3,(H,21,26). The number of aryl methyl sites for hydroxylation is 2. The molecule has 1 aliphatic heterocycles. The second-order valence-electron chi connectivity index (χ2n) is 6.60. The third kappa shape index (κ3) is 4.16. The average molecular weight is 396 g/mol. The Morgan fingerprint density at radius 1 is 1.27 bits per heavy atom. The SMILES string of the molecule is Cc1nn(C)c(C)c1CN1CCN(C(=S)Nc2ccc(F)c(Cl)c2)CC1. The average Bonchev–Trinajstić information content (AvgIpc) is 2.85. The van der Waals surface area contributed by atoms with Gasteiger partial charge < -0.3 is 10.2 Å². The molecule has 1 fully saturated rings. The highest BCUT2D eigenvalue weighted by Gasteiger charge is 2.21. The zero-order valence-corrected chi connectivity index (χ0v) is 16.8. The predicted octanol–water partition coefficient (Wildman–Crippen LogP) is 3.34. The first-order valence-electron chi connectivity index (χ1n) is 8.57. The highest BCUT2D eigenvalue weighted by atomic mass is 35.5. The van der Waals surface area contributed by atoms with Gasteiger partial charge in [-0.25, -0.2) is 4.39 Å². The molecule has 1 aliphatic rings. The van der Waals surface area contributed by atoms with E-state index in [-0.39, 0.29) is 5.02 Å². The molecule has 0 atom stereocenters. The summed E-state index contributed by atoms with van der Waals surface area (Å²) in [7, 11) is 1.98. The Hall–Kier alpha value is -1.70. The van der Waals surface area contributed by atoms with Crippen LogP contribution in [-0.2, 0) is 13.6 Å². The Morgan fingerprint density at radius 3 is 2.54 bits per heavy atom. The van der Waals surface area contributed by atoms with Gasteiger partial charge in [-0.05, 0) is 44.3 Å². The number of piperazine rings is 1. The van der Waals surface area contributed by atoms with Gasteiger partial charge in [0.2, 0.25) is 0 Å². The number of rotatable bonds is 3. The molecule has 0 aliphatic carbocycles. The molecule has 0 spiro atoms. The number of thiocarbonyl (C=S) groups is 1. The van der Waals surface area contributed by atoms with Gasteiger partial charge in [-0.15, -0.1) is 0 Å². The number of halogens is 2. The summed E-state index contributed by atoms with van der Waals surface area (Å²) in [6.07, 6.45) is 0. The van der Waals surface area contributed by atoms with Gasteiger partial charge >= 0.3 is 0 Å². The van der Waals surface area contributed by atoms with Crippen LogP contribution in [0, 0.1) is 19.7 Å². The van der Waals surface area contributed by atoms with Crippen molar-refractivity contribution in [3.8, 4) is 0 Å². The third-order valence-corrected chi connectivity index (χ3v) is 5.52. The van der Waals surface area contributed by atoms with Crippen LogP contribution in [0.25, 0.3) is 0 Å². The molecule has 0 unspecified atom stereocenters. The topological polar surface area (TPSA) is 36.3 Å². The number of anilines is 1. The fourth-order valence-corrected chi connectivity index (χ4v) is 3.64. The highest BCUT2D eigenvalue weighted by molar-refractivity contribution is 7.80. The highest BCUT2D eigenvalue weighted by Crippen LogP contribution is 2.20. The van der Waals surface area contributed by atoms with Crippen molar-refractivity contribution in [3.63, 3.8) is 0 Å². The maximum absolute atomic E-state index is 13.3. The lowest BCUT2D eigenvalue weighted by atomic mass is 10.1. The fourth-order valence-electron chi connectivity index (χ4n) is 3.16. The van der Waals surface area contributed by atoms with Crippen LogP contribution >= 0.6 is 23.8 Å². The first-order chi connectivity index (χ1) is 12.3. The number of nitrogens with one attached hydrogen (secondary N) is 1. The van der Waals surface area contributed by atoms with Gasteiger partial charge in [0.1, 0.15) is 5.82 Å². The number of benzene rings is 1. The van der Waals surface area contributed by atoms with E-state index >= 15 is 0 Å². The summed E-state index contributed by atoms with van der Waals surface area (Å²) in [5.74, 6) is -0.433. The molecular weight excluding hydrogens is 373 g/mol. The van der Waals surface area contributed by atoms with Crippen LogP contribution in [0.15, 0.2) is 18.2 Å². The summed E-state index contributed by atoms with van der Waals surface area (Å²) in [6.45, 7) is 8.63. The van der Waals surface area contributed by atoms with E-state index in [2.05, 4.69) is 34.1 Å². The summed E-state index contributed by atoms with van der Waals surface area (Å²) >= 11 is 11.3. The van der Waals surface area contributed by atoms with Gasteiger partial charge in [-0.2, -0.15) is 5.10 Å². The molecule has 2 aromatic rings. The van der Waals surface area contributed by atoms with E-state index in [9.17, 15) is 4.39 Å². The molecule has 0 radical (unpaired) electrons. The Bertz CT molecular complexity index is 814. The Kier molecular flexibility index (Phi) is 5.79. The van der Waals surface area contributed by atoms with Crippen molar-refractivity contribution in [3.05, 3.63) is 46.0 Å². The van der Waals surface area contributed by atoms with Crippen molar-refractivity contribution in [1.82, 2.24) is 19.6 Å². The minimum absolute atomic E-state index is 0.0878. The van der Waals surface area contributed by atoms with Gasteiger partial charge in [0, 0.05) is 56.7 Å². The second-order valence-corrected chi connectivity index (χ2v) is 7.39. The van der Waals surface area contributed by atoms with Crippen LogP contribution in [0.1, 0.15) is 17.0 Å². The second kappa shape index (κ2) is 7.90. The summed E-state index contributed by atoms with van der Waals surface area (Å²) in [4.78, 5) is 4.55. The molecule has 5 nitrogen and oxygen atoms in total.